The van der Waals surface area contributed by atoms with Gasteiger partial charge < -0.3 is 9.32 Å². The minimum atomic E-state index is -0.634. The van der Waals surface area contributed by atoms with Crippen LogP contribution in [-0.4, -0.2) is 0 Å². The first kappa shape index (κ1) is 42.7. The maximum Gasteiger partial charge on any atom is 0.136 e. The van der Waals surface area contributed by atoms with Crippen molar-refractivity contribution in [2.75, 3.05) is 4.90 Å². The molecule has 0 atom stereocenters. The average Bonchev–Trinajstić information content (AvgIpc) is 4.34. The van der Waals surface area contributed by atoms with E-state index in [-0.39, 0.29) is 0 Å². The predicted octanol–water partition coefficient (Wildman–Crippen LogP) is 19.1. The van der Waals surface area contributed by atoms with Crippen molar-refractivity contribution in [3.05, 3.63) is 330 Å². The summed E-state index contributed by atoms with van der Waals surface area (Å²) in [4.78, 5) is 2.58. The van der Waals surface area contributed by atoms with Crippen LogP contribution >= 0.6 is 0 Å². The first-order valence-electron chi connectivity index (χ1n) is 26.4. The van der Waals surface area contributed by atoms with Crippen molar-refractivity contribution >= 4 is 39.0 Å². The number of anilines is 3. The van der Waals surface area contributed by atoms with Crippen LogP contribution in [0, 0.1) is 0 Å². The molecule has 0 amide bonds. The zero-order valence-electron chi connectivity index (χ0n) is 41.5. The van der Waals surface area contributed by atoms with Crippen molar-refractivity contribution in [1.29, 1.82) is 0 Å². The normalized spacial score (nSPS) is 13.7. The summed E-state index contributed by atoms with van der Waals surface area (Å²) in [5.41, 5.74) is 26.4. The average molecular weight is 966 g/mol. The van der Waals surface area contributed by atoms with Crippen molar-refractivity contribution in [2.45, 2.75) is 10.8 Å². The van der Waals surface area contributed by atoms with Gasteiger partial charge in [0.05, 0.1) is 22.2 Å². The van der Waals surface area contributed by atoms with Gasteiger partial charge in [0.2, 0.25) is 0 Å². The van der Waals surface area contributed by atoms with Gasteiger partial charge in [0.1, 0.15) is 11.2 Å². The second kappa shape index (κ2) is 16.4. The number of fused-ring (bicyclic) bond motifs is 16. The van der Waals surface area contributed by atoms with Crippen LogP contribution in [0.15, 0.2) is 290 Å². The van der Waals surface area contributed by atoms with E-state index in [1.807, 2.05) is 12.1 Å². The van der Waals surface area contributed by atoms with Crippen LogP contribution in [-0.2, 0) is 10.8 Å². The number of hydrogen-bond acceptors (Lipinski definition) is 2. The van der Waals surface area contributed by atoms with E-state index in [0.717, 1.165) is 50.1 Å². The van der Waals surface area contributed by atoms with E-state index in [1.54, 1.807) is 0 Å². The quantitative estimate of drug-likeness (QED) is 0.158. The van der Waals surface area contributed by atoms with E-state index in [0.29, 0.717) is 0 Å². The zero-order chi connectivity index (χ0) is 50.0. The molecule has 0 aliphatic heterocycles. The highest BCUT2D eigenvalue weighted by molar-refractivity contribution is 6.07. The Balaban J connectivity index is 0.983. The summed E-state index contributed by atoms with van der Waals surface area (Å²) in [7, 11) is 0. The van der Waals surface area contributed by atoms with Crippen LogP contribution in [0.5, 0.6) is 0 Å². The number of rotatable bonds is 7. The van der Waals surface area contributed by atoms with Gasteiger partial charge >= 0.3 is 0 Å². The van der Waals surface area contributed by atoms with E-state index in [2.05, 4.69) is 278 Å². The molecule has 1 spiro atoms. The Morgan fingerprint density at radius 3 is 1.36 bits per heavy atom. The molecule has 16 rings (SSSR count). The lowest BCUT2D eigenvalue weighted by molar-refractivity contribution is 0.669. The lowest BCUT2D eigenvalue weighted by Gasteiger charge is -2.35. The van der Waals surface area contributed by atoms with E-state index in [9.17, 15) is 0 Å². The lowest BCUT2D eigenvalue weighted by Crippen LogP contribution is -2.28. The molecule has 3 aliphatic carbocycles. The summed E-state index contributed by atoms with van der Waals surface area (Å²) in [5.74, 6) is 0. The fraction of sp³-hybridized carbons (Fsp3) is 0.0270. The fourth-order valence-corrected chi connectivity index (χ4v) is 13.9. The summed E-state index contributed by atoms with van der Waals surface area (Å²) in [6, 6.07) is 106. The van der Waals surface area contributed by atoms with Crippen LogP contribution in [0.4, 0.5) is 17.1 Å². The van der Waals surface area contributed by atoms with Gasteiger partial charge in [-0.15, -0.1) is 0 Å². The van der Waals surface area contributed by atoms with Gasteiger partial charge in [0.15, 0.2) is 0 Å². The number of hydrogen-bond donors (Lipinski definition) is 0. The minimum Gasteiger partial charge on any atom is -0.456 e. The van der Waals surface area contributed by atoms with Gasteiger partial charge in [0.25, 0.3) is 0 Å². The monoisotopic (exact) mass is 965 g/mol. The molecule has 0 radical (unpaired) electrons. The largest absolute Gasteiger partial charge is 0.456 e. The minimum absolute atomic E-state index is 0.505. The Hall–Kier alpha value is -9.76. The Labute approximate surface area is 442 Å². The maximum atomic E-state index is 6.42. The molecule has 0 fully saturated rings. The van der Waals surface area contributed by atoms with Crippen molar-refractivity contribution in [3.63, 3.8) is 0 Å². The Morgan fingerprint density at radius 2 is 0.711 bits per heavy atom. The molecule has 3 aliphatic rings. The van der Waals surface area contributed by atoms with Crippen LogP contribution < -0.4 is 4.90 Å². The van der Waals surface area contributed by atoms with Crippen molar-refractivity contribution in [2.24, 2.45) is 0 Å². The molecule has 0 saturated heterocycles. The van der Waals surface area contributed by atoms with Gasteiger partial charge in [0, 0.05) is 27.6 Å². The van der Waals surface area contributed by atoms with Crippen LogP contribution in [0.25, 0.3) is 77.6 Å². The molecule has 1 aromatic heterocycles. The van der Waals surface area contributed by atoms with E-state index >= 15 is 0 Å². The van der Waals surface area contributed by atoms with Crippen molar-refractivity contribution in [1.82, 2.24) is 0 Å². The Morgan fingerprint density at radius 1 is 0.263 bits per heavy atom. The predicted molar refractivity (Wildman–Crippen MR) is 313 cm³/mol. The second-order valence-corrected chi connectivity index (χ2v) is 20.6. The number of nitrogens with zero attached hydrogens (tertiary/aromatic N) is 1. The molecular formula is C74H47NO. The Bertz CT molecular complexity index is 4370. The molecule has 0 saturated carbocycles. The molecule has 13 aromatic rings. The fourth-order valence-electron chi connectivity index (χ4n) is 13.9. The van der Waals surface area contributed by atoms with E-state index in [1.165, 1.54) is 89.0 Å². The summed E-state index contributed by atoms with van der Waals surface area (Å²) in [6.07, 6.45) is 0. The van der Waals surface area contributed by atoms with Gasteiger partial charge in [-0.1, -0.05) is 237 Å². The first-order chi connectivity index (χ1) is 37.7. The second-order valence-electron chi connectivity index (χ2n) is 20.6. The molecule has 0 N–H and O–H groups in total. The topological polar surface area (TPSA) is 16.4 Å². The van der Waals surface area contributed by atoms with Crippen LogP contribution in [0.2, 0.25) is 0 Å². The van der Waals surface area contributed by atoms with Crippen LogP contribution in [0.3, 0.4) is 0 Å². The standard InChI is InChI=1S/C74H47NO/c1-4-20-48(21-5-1)50-41-45-60-66(46-50)73(52-22-6-2-7-23-52,53-24-8-3-9-25-53)64-33-18-35-68(72(60)64)75(54-42-38-49(39-43-54)51-40-44-58-57-28-13-17-37-69(57)76-70(58)47-51)67-36-19-34-65-71(67)59-29-12-16-32-63(59)74(65)61-30-14-10-26-55(61)56-27-11-15-31-62(56)74/h1-47H. The van der Waals surface area contributed by atoms with Gasteiger partial charge in [-0.2, -0.15) is 0 Å². The smallest absolute Gasteiger partial charge is 0.136 e. The molecular weight excluding hydrogens is 919 g/mol. The van der Waals surface area contributed by atoms with Gasteiger partial charge in [-0.25, -0.2) is 0 Å². The van der Waals surface area contributed by atoms with Crippen LogP contribution in [0.1, 0.15) is 44.5 Å². The highest BCUT2D eigenvalue weighted by Gasteiger charge is 2.53. The SMILES string of the molecule is c1ccc(-c2ccc3c(c2)C(c2ccccc2)(c2ccccc2)c2cccc(N(c4ccc(-c5ccc6c(c5)oc5ccccc56)cc4)c4cccc5c4-c4ccccc4C54c5ccccc5-c5ccccc54)c2-3)cc1. The third-order valence-electron chi connectivity index (χ3n) is 17.0. The van der Waals surface area contributed by atoms with E-state index < -0.39 is 10.8 Å². The third-order valence-corrected chi connectivity index (χ3v) is 17.0. The molecule has 2 nitrogen and oxygen atoms in total. The zero-order valence-corrected chi connectivity index (χ0v) is 41.5. The molecule has 76 heavy (non-hydrogen) atoms. The highest BCUT2D eigenvalue weighted by Crippen LogP contribution is 2.66. The van der Waals surface area contributed by atoms with E-state index in [4.69, 9.17) is 4.42 Å². The lowest BCUT2D eigenvalue weighted by atomic mass is 9.67. The molecule has 0 bridgehead atoms. The maximum absolute atomic E-state index is 6.42. The summed E-state index contributed by atoms with van der Waals surface area (Å²) < 4.78 is 6.42. The van der Waals surface area contributed by atoms with Gasteiger partial charge in [-0.3, -0.25) is 0 Å². The number of benzene rings is 12. The molecule has 354 valence electrons. The first-order valence-corrected chi connectivity index (χ1v) is 26.4. The Kier molecular flexibility index (Phi) is 9.20. The third kappa shape index (κ3) is 5.81. The summed E-state index contributed by atoms with van der Waals surface area (Å²) in [6.45, 7) is 0. The summed E-state index contributed by atoms with van der Waals surface area (Å²) >= 11 is 0. The van der Waals surface area contributed by atoms with Gasteiger partial charge in [-0.05, 0) is 138 Å². The number of furan rings is 1. The molecule has 2 heteroatoms. The highest BCUT2D eigenvalue weighted by atomic mass is 16.3. The molecule has 12 aromatic carbocycles. The van der Waals surface area contributed by atoms with Crippen molar-refractivity contribution < 1.29 is 4.42 Å². The van der Waals surface area contributed by atoms with Crippen molar-refractivity contribution in [3.8, 4) is 55.6 Å². The number of para-hydroxylation sites is 1. The molecule has 0 unspecified atom stereocenters. The summed E-state index contributed by atoms with van der Waals surface area (Å²) in [5, 5.41) is 2.26. The molecule has 1 heterocycles.